The van der Waals surface area contributed by atoms with Gasteiger partial charge in [-0.2, -0.15) is 0 Å². The summed E-state index contributed by atoms with van der Waals surface area (Å²) in [5.74, 6) is 0. The van der Waals surface area contributed by atoms with Gasteiger partial charge in [0.25, 0.3) is 0 Å². The summed E-state index contributed by atoms with van der Waals surface area (Å²) in [6, 6.07) is 0. The van der Waals surface area contributed by atoms with E-state index in [1.54, 1.807) is 7.11 Å². The maximum absolute atomic E-state index is 5.49. The maximum Gasteiger partial charge on any atom is 0.0590 e. The van der Waals surface area contributed by atoms with Gasteiger partial charge in [0, 0.05) is 26.8 Å². The van der Waals surface area contributed by atoms with Gasteiger partial charge < -0.3 is 14.8 Å². The number of rotatable bonds is 12. The van der Waals surface area contributed by atoms with Gasteiger partial charge >= 0.3 is 0 Å². The van der Waals surface area contributed by atoms with Crippen LogP contribution in [0.25, 0.3) is 0 Å². The summed E-state index contributed by atoms with van der Waals surface area (Å²) >= 11 is 0. The van der Waals surface area contributed by atoms with E-state index in [-0.39, 0.29) is 0 Å². The van der Waals surface area contributed by atoms with Crippen molar-refractivity contribution in [1.29, 1.82) is 0 Å². The average Bonchev–Trinajstić information content (AvgIpc) is 2.26. The quantitative estimate of drug-likeness (QED) is 0.508. The maximum atomic E-state index is 5.49. The van der Waals surface area contributed by atoms with Crippen molar-refractivity contribution in [1.82, 2.24) is 5.32 Å². The first-order chi connectivity index (χ1) is 7.41. The number of hydrogen-bond acceptors (Lipinski definition) is 3. The van der Waals surface area contributed by atoms with Gasteiger partial charge in [-0.05, 0) is 6.42 Å². The van der Waals surface area contributed by atoms with Crippen LogP contribution in [0.3, 0.4) is 0 Å². The van der Waals surface area contributed by atoms with E-state index in [1.165, 1.54) is 32.1 Å². The van der Waals surface area contributed by atoms with Crippen LogP contribution in [0.1, 0.15) is 39.0 Å². The number of hydrogen-bond donors (Lipinski definition) is 1. The summed E-state index contributed by atoms with van der Waals surface area (Å²) in [5.41, 5.74) is 0. The zero-order valence-corrected chi connectivity index (χ0v) is 10.4. The van der Waals surface area contributed by atoms with E-state index < -0.39 is 0 Å². The van der Waals surface area contributed by atoms with Gasteiger partial charge in [-0.3, -0.25) is 0 Å². The van der Waals surface area contributed by atoms with Gasteiger partial charge in [0.15, 0.2) is 0 Å². The van der Waals surface area contributed by atoms with Crippen molar-refractivity contribution < 1.29 is 9.47 Å². The van der Waals surface area contributed by atoms with Gasteiger partial charge in [0.2, 0.25) is 0 Å². The molecule has 0 aromatic carbocycles. The molecule has 0 aliphatic rings. The van der Waals surface area contributed by atoms with Crippen LogP contribution in [0.2, 0.25) is 0 Å². The highest BCUT2D eigenvalue weighted by molar-refractivity contribution is 4.45. The Balaban J connectivity index is 2.81. The average molecular weight is 217 g/mol. The van der Waals surface area contributed by atoms with Gasteiger partial charge in [-0.15, -0.1) is 0 Å². The Hall–Kier alpha value is -0.120. The third kappa shape index (κ3) is 13.9. The Morgan fingerprint density at radius 3 is 2.33 bits per heavy atom. The smallest absolute Gasteiger partial charge is 0.0590 e. The van der Waals surface area contributed by atoms with Crippen LogP contribution < -0.4 is 5.32 Å². The van der Waals surface area contributed by atoms with Crippen molar-refractivity contribution in [3.05, 3.63) is 0 Å². The van der Waals surface area contributed by atoms with E-state index in [9.17, 15) is 0 Å². The van der Waals surface area contributed by atoms with Crippen molar-refractivity contribution >= 4 is 0 Å². The molecule has 0 saturated carbocycles. The SMILES string of the molecule is CCCCCCCOCCNCCOC. The van der Waals surface area contributed by atoms with Crippen LogP contribution in [0.15, 0.2) is 0 Å². The highest BCUT2D eigenvalue weighted by Gasteiger charge is 1.90. The zero-order chi connectivity index (χ0) is 11.2. The molecule has 0 aromatic rings. The molecule has 0 heterocycles. The fourth-order valence-electron chi connectivity index (χ4n) is 1.35. The Morgan fingerprint density at radius 1 is 0.867 bits per heavy atom. The molecule has 0 aliphatic carbocycles. The molecule has 0 unspecified atom stereocenters. The molecule has 3 nitrogen and oxygen atoms in total. The largest absolute Gasteiger partial charge is 0.383 e. The van der Waals surface area contributed by atoms with Crippen molar-refractivity contribution in [2.24, 2.45) is 0 Å². The summed E-state index contributed by atoms with van der Waals surface area (Å²) in [6.45, 7) is 6.58. The Labute approximate surface area is 94.5 Å². The predicted molar refractivity (Wildman–Crippen MR) is 64.3 cm³/mol. The fourth-order valence-corrected chi connectivity index (χ4v) is 1.35. The molecule has 3 heteroatoms. The van der Waals surface area contributed by atoms with Crippen LogP contribution in [0, 0.1) is 0 Å². The minimum atomic E-state index is 0.775. The molecule has 0 fully saturated rings. The topological polar surface area (TPSA) is 30.5 Å². The summed E-state index contributed by atoms with van der Waals surface area (Å²) in [6.07, 6.45) is 6.54. The monoisotopic (exact) mass is 217 g/mol. The molecule has 0 radical (unpaired) electrons. The van der Waals surface area contributed by atoms with E-state index in [4.69, 9.17) is 9.47 Å². The normalized spacial score (nSPS) is 10.8. The second-order valence-electron chi connectivity index (χ2n) is 3.77. The summed E-state index contributed by atoms with van der Waals surface area (Å²) in [4.78, 5) is 0. The molecule has 15 heavy (non-hydrogen) atoms. The van der Waals surface area contributed by atoms with E-state index in [2.05, 4.69) is 12.2 Å². The third-order valence-corrected chi connectivity index (χ3v) is 2.30. The number of nitrogens with one attached hydrogen (secondary N) is 1. The van der Waals surface area contributed by atoms with Crippen LogP contribution in [-0.2, 0) is 9.47 Å². The molecular weight excluding hydrogens is 190 g/mol. The molecule has 0 aromatic heterocycles. The van der Waals surface area contributed by atoms with E-state index in [0.29, 0.717) is 0 Å². The fraction of sp³-hybridized carbons (Fsp3) is 1.00. The first-order valence-corrected chi connectivity index (χ1v) is 6.19. The van der Waals surface area contributed by atoms with Crippen LogP contribution in [0.5, 0.6) is 0 Å². The second-order valence-corrected chi connectivity index (χ2v) is 3.77. The van der Waals surface area contributed by atoms with E-state index >= 15 is 0 Å². The van der Waals surface area contributed by atoms with E-state index in [1.807, 2.05) is 0 Å². The molecule has 0 atom stereocenters. The molecule has 1 N–H and O–H groups in total. The lowest BCUT2D eigenvalue weighted by Gasteiger charge is -2.05. The standard InChI is InChI=1S/C12H27NO2/c1-3-4-5-6-7-10-15-12-9-13-8-11-14-2/h13H,3-12H2,1-2H3. The zero-order valence-electron chi connectivity index (χ0n) is 10.4. The van der Waals surface area contributed by atoms with Crippen LogP contribution in [-0.4, -0.2) is 40.0 Å². The Kier molecular flexibility index (Phi) is 13.8. The van der Waals surface area contributed by atoms with Crippen molar-refractivity contribution in [3.8, 4) is 0 Å². The van der Waals surface area contributed by atoms with Crippen LogP contribution >= 0.6 is 0 Å². The van der Waals surface area contributed by atoms with Crippen molar-refractivity contribution in [2.45, 2.75) is 39.0 Å². The Morgan fingerprint density at radius 2 is 1.60 bits per heavy atom. The lowest BCUT2D eigenvalue weighted by molar-refractivity contribution is 0.128. The molecule has 0 aliphatic heterocycles. The van der Waals surface area contributed by atoms with Crippen molar-refractivity contribution in [2.75, 3.05) is 40.0 Å². The van der Waals surface area contributed by atoms with Crippen LogP contribution in [0.4, 0.5) is 0 Å². The molecule has 0 bridgehead atoms. The second kappa shape index (κ2) is 13.9. The van der Waals surface area contributed by atoms with Gasteiger partial charge in [-0.1, -0.05) is 32.6 Å². The Bertz CT molecular complexity index is 97.8. The summed E-state index contributed by atoms with van der Waals surface area (Å²) in [7, 11) is 1.72. The highest BCUT2D eigenvalue weighted by atomic mass is 16.5. The first kappa shape index (κ1) is 14.9. The summed E-state index contributed by atoms with van der Waals surface area (Å²) in [5, 5.41) is 3.25. The molecule has 0 amide bonds. The predicted octanol–water partition coefficient (Wildman–Crippen LogP) is 2.21. The number of methoxy groups -OCH3 is 1. The minimum Gasteiger partial charge on any atom is -0.383 e. The summed E-state index contributed by atoms with van der Waals surface area (Å²) < 4.78 is 10.4. The lowest BCUT2D eigenvalue weighted by atomic mass is 10.2. The molecule has 0 spiro atoms. The molecule has 0 saturated heterocycles. The molecule has 92 valence electrons. The minimum absolute atomic E-state index is 0.775. The van der Waals surface area contributed by atoms with Gasteiger partial charge in [0.1, 0.15) is 0 Å². The number of unbranched alkanes of at least 4 members (excludes halogenated alkanes) is 4. The van der Waals surface area contributed by atoms with Gasteiger partial charge in [0.05, 0.1) is 13.2 Å². The third-order valence-electron chi connectivity index (χ3n) is 2.30. The highest BCUT2D eigenvalue weighted by Crippen LogP contribution is 2.01. The van der Waals surface area contributed by atoms with E-state index in [0.717, 1.165) is 32.9 Å². The lowest BCUT2D eigenvalue weighted by Crippen LogP contribution is -2.23. The molecule has 0 rings (SSSR count). The van der Waals surface area contributed by atoms with Crippen molar-refractivity contribution in [3.63, 3.8) is 0 Å². The van der Waals surface area contributed by atoms with Gasteiger partial charge in [-0.25, -0.2) is 0 Å². The number of ether oxygens (including phenoxy) is 2. The first-order valence-electron chi connectivity index (χ1n) is 6.19. The molecular formula is C12H27NO2.